The maximum Gasteiger partial charge on any atom is 0.0717 e. The molecule has 1 rings (SSSR count). The molecule has 1 unspecified atom stereocenters. The minimum absolute atomic E-state index is 0.234. The van der Waals surface area contributed by atoms with Gasteiger partial charge in [-0.2, -0.15) is 0 Å². The highest BCUT2D eigenvalue weighted by molar-refractivity contribution is 5.13. The fourth-order valence-electron chi connectivity index (χ4n) is 1.32. The first-order chi connectivity index (χ1) is 7.83. The Balaban J connectivity index is 1.96. The van der Waals surface area contributed by atoms with Gasteiger partial charge in [-0.15, -0.1) is 0 Å². The molecule has 0 spiro atoms. The third kappa shape index (κ3) is 5.85. The van der Waals surface area contributed by atoms with Crippen LogP contribution in [-0.2, 0) is 11.3 Å². The minimum atomic E-state index is 0.234. The van der Waals surface area contributed by atoms with Gasteiger partial charge < -0.3 is 15.2 Å². The minimum Gasteiger partial charge on any atom is -0.396 e. The molecular formula is C13H21NO2. The number of nitrogens with one attached hydrogen (secondary N) is 1. The lowest BCUT2D eigenvalue weighted by Gasteiger charge is -2.09. The Bertz CT molecular complexity index is 264. The van der Waals surface area contributed by atoms with Gasteiger partial charge in [0.2, 0.25) is 0 Å². The molecule has 3 nitrogen and oxygen atoms in total. The Morgan fingerprint density at radius 3 is 2.75 bits per heavy atom. The van der Waals surface area contributed by atoms with Crippen molar-refractivity contribution in [2.75, 3.05) is 26.3 Å². The Hall–Kier alpha value is -0.900. The van der Waals surface area contributed by atoms with Gasteiger partial charge in [-0.05, 0) is 18.0 Å². The smallest absolute Gasteiger partial charge is 0.0717 e. The summed E-state index contributed by atoms with van der Waals surface area (Å²) in [4.78, 5) is 0. The van der Waals surface area contributed by atoms with Crippen molar-refractivity contribution in [2.45, 2.75) is 13.5 Å². The molecule has 0 aliphatic heterocycles. The molecule has 0 radical (unpaired) electrons. The van der Waals surface area contributed by atoms with E-state index < -0.39 is 0 Å². The summed E-state index contributed by atoms with van der Waals surface area (Å²) in [6, 6.07) is 10.1. The van der Waals surface area contributed by atoms with Crippen molar-refractivity contribution < 1.29 is 9.84 Å². The van der Waals surface area contributed by atoms with Gasteiger partial charge in [0.25, 0.3) is 0 Å². The molecule has 0 aliphatic carbocycles. The van der Waals surface area contributed by atoms with Crippen LogP contribution in [0.15, 0.2) is 30.3 Å². The fourth-order valence-corrected chi connectivity index (χ4v) is 1.32. The molecule has 0 bridgehead atoms. The number of hydrogen-bond donors (Lipinski definition) is 2. The van der Waals surface area contributed by atoms with Crippen LogP contribution in [0.1, 0.15) is 12.5 Å². The summed E-state index contributed by atoms with van der Waals surface area (Å²) < 4.78 is 5.51. The summed E-state index contributed by atoms with van der Waals surface area (Å²) in [7, 11) is 0. The van der Waals surface area contributed by atoms with Gasteiger partial charge in [0.15, 0.2) is 0 Å². The lowest BCUT2D eigenvalue weighted by atomic mass is 10.2. The standard InChI is InChI=1S/C13H21NO2/c1-12(10-15)9-14-7-8-16-11-13-5-3-2-4-6-13/h2-6,12,14-15H,7-11H2,1H3. The highest BCUT2D eigenvalue weighted by Gasteiger charge is 1.97. The van der Waals surface area contributed by atoms with Crippen molar-refractivity contribution >= 4 is 0 Å². The van der Waals surface area contributed by atoms with Crippen molar-refractivity contribution in [1.82, 2.24) is 5.32 Å². The van der Waals surface area contributed by atoms with Crippen LogP contribution >= 0.6 is 0 Å². The van der Waals surface area contributed by atoms with Gasteiger partial charge in [-0.25, -0.2) is 0 Å². The fraction of sp³-hybridized carbons (Fsp3) is 0.538. The van der Waals surface area contributed by atoms with Gasteiger partial charge in [0.05, 0.1) is 13.2 Å². The first kappa shape index (κ1) is 13.2. The van der Waals surface area contributed by atoms with E-state index in [1.165, 1.54) is 5.56 Å². The van der Waals surface area contributed by atoms with Crippen LogP contribution < -0.4 is 5.32 Å². The molecule has 0 aromatic heterocycles. The summed E-state index contributed by atoms with van der Waals surface area (Å²) in [5.41, 5.74) is 1.20. The van der Waals surface area contributed by atoms with Crippen LogP contribution in [0.5, 0.6) is 0 Å². The Morgan fingerprint density at radius 1 is 1.31 bits per heavy atom. The van der Waals surface area contributed by atoms with Crippen LogP contribution in [0.2, 0.25) is 0 Å². The molecular weight excluding hydrogens is 202 g/mol. The summed E-state index contributed by atoms with van der Waals surface area (Å²) in [5, 5.41) is 12.1. The summed E-state index contributed by atoms with van der Waals surface area (Å²) in [6.45, 7) is 5.28. The zero-order valence-electron chi connectivity index (χ0n) is 9.86. The average Bonchev–Trinajstić information content (AvgIpc) is 2.34. The molecule has 2 N–H and O–H groups in total. The van der Waals surface area contributed by atoms with Crippen molar-refractivity contribution in [2.24, 2.45) is 5.92 Å². The van der Waals surface area contributed by atoms with E-state index in [2.05, 4.69) is 17.4 Å². The van der Waals surface area contributed by atoms with Crippen LogP contribution in [-0.4, -0.2) is 31.4 Å². The first-order valence-corrected chi connectivity index (χ1v) is 5.76. The molecule has 1 aromatic rings. The zero-order valence-corrected chi connectivity index (χ0v) is 9.86. The van der Waals surface area contributed by atoms with E-state index in [-0.39, 0.29) is 6.61 Å². The van der Waals surface area contributed by atoms with Crippen molar-refractivity contribution in [3.05, 3.63) is 35.9 Å². The third-order valence-electron chi connectivity index (χ3n) is 2.34. The molecule has 16 heavy (non-hydrogen) atoms. The number of aliphatic hydroxyl groups excluding tert-OH is 1. The number of hydrogen-bond acceptors (Lipinski definition) is 3. The largest absolute Gasteiger partial charge is 0.396 e. The van der Waals surface area contributed by atoms with Crippen LogP contribution in [0.3, 0.4) is 0 Å². The van der Waals surface area contributed by atoms with Crippen LogP contribution in [0.4, 0.5) is 0 Å². The van der Waals surface area contributed by atoms with E-state index in [9.17, 15) is 0 Å². The average molecular weight is 223 g/mol. The van der Waals surface area contributed by atoms with Gasteiger partial charge in [-0.3, -0.25) is 0 Å². The molecule has 0 amide bonds. The first-order valence-electron chi connectivity index (χ1n) is 5.76. The summed E-state index contributed by atoms with van der Waals surface area (Å²) in [6.07, 6.45) is 0. The Labute approximate surface area is 97.4 Å². The normalized spacial score (nSPS) is 12.6. The SMILES string of the molecule is CC(CO)CNCCOCc1ccccc1. The molecule has 0 heterocycles. The predicted octanol–water partition coefficient (Wildman–Crippen LogP) is 1.42. The van der Waals surface area contributed by atoms with E-state index in [0.717, 1.165) is 13.1 Å². The quantitative estimate of drug-likeness (QED) is 0.655. The predicted molar refractivity (Wildman–Crippen MR) is 65.2 cm³/mol. The molecule has 0 fully saturated rings. The Kier molecular flexibility index (Phi) is 6.81. The molecule has 90 valence electrons. The second kappa shape index (κ2) is 8.28. The molecule has 0 saturated heterocycles. The van der Waals surface area contributed by atoms with E-state index in [1.807, 2.05) is 25.1 Å². The molecule has 0 saturated carbocycles. The second-order valence-electron chi connectivity index (χ2n) is 4.03. The van der Waals surface area contributed by atoms with Crippen molar-refractivity contribution in [3.63, 3.8) is 0 Å². The van der Waals surface area contributed by atoms with Gasteiger partial charge >= 0.3 is 0 Å². The van der Waals surface area contributed by atoms with Crippen LogP contribution in [0.25, 0.3) is 0 Å². The van der Waals surface area contributed by atoms with Crippen molar-refractivity contribution in [3.8, 4) is 0 Å². The number of benzene rings is 1. The monoisotopic (exact) mass is 223 g/mol. The van der Waals surface area contributed by atoms with Crippen molar-refractivity contribution in [1.29, 1.82) is 0 Å². The highest BCUT2D eigenvalue weighted by Crippen LogP contribution is 1.99. The van der Waals surface area contributed by atoms with E-state index in [4.69, 9.17) is 9.84 Å². The topological polar surface area (TPSA) is 41.5 Å². The second-order valence-corrected chi connectivity index (χ2v) is 4.03. The third-order valence-corrected chi connectivity index (χ3v) is 2.34. The number of ether oxygens (including phenoxy) is 1. The van der Waals surface area contributed by atoms with Gasteiger partial charge in [0, 0.05) is 13.2 Å². The van der Waals surface area contributed by atoms with Gasteiger partial charge in [-0.1, -0.05) is 37.3 Å². The lowest BCUT2D eigenvalue weighted by molar-refractivity contribution is 0.121. The Morgan fingerprint density at radius 2 is 2.06 bits per heavy atom. The molecule has 1 atom stereocenters. The van der Waals surface area contributed by atoms with E-state index >= 15 is 0 Å². The molecule has 0 aliphatic rings. The number of rotatable bonds is 8. The maximum absolute atomic E-state index is 8.81. The molecule has 1 aromatic carbocycles. The molecule has 3 heteroatoms. The maximum atomic E-state index is 8.81. The van der Waals surface area contributed by atoms with Gasteiger partial charge in [0.1, 0.15) is 0 Å². The van der Waals surface area contributed by atoms with Crippen LogP contribution in [0, 0.1) is 5.92 Å². The summed E-state index contributed by atoms with van der Waals surface area (Å²) >= 11 is 0. The summed E-state index contributed by atoms with van der Waals surface area (Å²) in [5.74, 6) is 0.314. The lowest BCUT2D eigenvalue weighted by Crippen LogP contribution is -2.26. The van der Waals surface area contributed by atoms with E-state index in [1.54, 1.807) is 0 Å². The number of aliphatic hydroxyl groups is 1. The van der Waals surface area contributed by atoms with E-state index in [0.29, 0.717) is 19.1 Å². The highest BCUT2D eigenvalue weighted by atomic mass is 16.5. The zero-order chi connectivity index (χ0) is 11.6.